The lowest BCUT2D eigenvalue weighted by Gasteiger charge is -2.11. The molecule has 2 nitrogen and oxygen atoms in total. The van der Waals surface area contributed by atoms with Crippen LogP contribution in [0.2, 0.25) is 0 Å². The summed E-state index contributed by atoms with van der Waals surface area (Å²) in [6.07, 6.45) is 2.42. The van der Waals surface area contributed by atoms with Gasteiger partial charge < -0.3 is 4.74 Å². The Hall–Kier alpha value is -1.31. The second-order valence-electron chi connectivity index (χ2n) is 3.64. The molecule has 0 heterocycles. The van der Waals surface area contributed by atoms with E-state index in [-0.39, 0.29) is 5.97 Å². The molecule has 0 unspecified atom stereocenters. The number of benzene rings is 1. The van der Waals surface area contributed by atoms with E-state index in [2.05, 4.69) is 6.92 Å². The normalized spacial score (nSPS) is 10.1. The number of ether oxygens (including phenoxy) is 1. The first-order chi connectivity index (χ1) is 7.19. The van der Waals surface area contributed by atoms with Gasteiger partial charge in [-0.05, 0) is 24.5 Å². The Labute approximate surface area is 91.3 Å². The topological polar surface area (TPSA) is 26.3 Å². The van der Waals surface area contributed by atoms with Crippen molar-refractivity contribution in [2.24, 2.45) is 0 Å². The van der Waals surface area contributed by atoms with Gasteiger partial charge in [-0.15, -0.1) is 0 Å². The Morgan fingerprint density at radius 3 is 2.67 bits per heavy atom. The first kappa shape index (κ1) is 11.8. The molecule has 0 saturated carbocycles. The van der Waals surface area contributed by atoms with E-state index >= 15 is 0 Å². The fourth-order valence-electron chi connectivity index (χ4n) is 1.51. The van der Waals surface area contributed by atoms with Crippen molar-refractivity contribution < 1.29 is 9.53 Å². The molecule has 15 heavy (non-hydrogen) atoms. The van der Waals surface area contributed by atoms with E-state index in [9.17, 15) is 4.79 Å². The number of hydrogen-bond acceptors (Lipinski definition) is 2. The van der Waals surface area contributed by atoms with Crippen LogP contribution < -0.4 is 4.74 Å². The molecule has 0 saturated heterocycles. The predicted molar refractivity (Wildman–Crippen MR) is 61.1 cm³/mol. The Balaban J connectivity index is 2.96. The van der Waals surface area contributed by atoms with Crippen LogP contribution in [-0.4, -0.2) is 5.97 Å². The maximum absolute atomic E-state index is 11.3. The van der Waals surface area contributed by atoms with Crippen LogP contribution >= 0.6 is 0 Å². The number of aryl methyl sites for hydroxylation is 2. The summed E-state index contributed by atoms with van der Waals surface area (Å²) in [7, 11) is 0. The molecule has 0 bridgehead atoms. The second-order valence-corrected chi connectivity index (χ2v) is 3.64. The summed E-state index contributed by atoms with van der Waals surface area (Å²) < 4.78 is 5.34. The lowest BCUT2D eigenvalue weighted by atomic mass is 10.1. The summed E-state index contributed by atoms with van der Waals surface area (Å²) in [6.45, 7) is 5.89. The zero-order chi connectivity index (χ0) is 11.3. The molecule has 0 amide bonds. The van der Waals surface area contributed by atoms with Crippen LogP contribution in [0.5, 0.6) is 5.75 Å². The quantitative estimate of drug-likeness (QED) is 0.558. The first-order valence-corrected chi connectivity index (χ1v) is 5.48. The average molecular weight is 206 g/mol. The fraction of sp³-hybridized carbons (Fsp3) is 0.462. The number of para-hydroxylation sites is 1. The summed E-state index contributed by atoms with van der Waals surface area (Å²) in [5, 5.41) is 0. The standard InChI is InChI=1S/C13H18O2/c1-4-7-11-9-6-8-10(3)13(11)15-12(14)5-2/h6,8-9H,4-5,7H2,1-3H3. The van der Waals surface area contributed by atoms with E-state index in [0.29, 0.717) is 6.42 Å². The monoisotopic (exact) mass is 206 g/mol. The summed E-state index contributed by atoms with van der Waals surface area (Å²) >= 11 is 0. The van der Waals surface area contributed by atoms with E-state index in [4.69, 9.17) is 4.74 Å². The molecule has 0 radical (unpaired) electrons. The van der Waals surface area contributed by atoms with Gasteiger partial charge in [-0.1, -0.05) is 38.5 Å². The van der Waals surface area contributed by atoms with Crippen LogP contribution in [0.4, 0.5) is 0 Å². The Kier molecular flexibility index (Phi) is 4.35. The minimum Gasteiger partial charge on any atom is -0.426 e. The van der Waals surface area contributed by atoms with Gasteiger partial charge in [0, 0.05) is 6.42 Å². The minimum atomic E-state index is -0.165. The zero-order valence-electron chi connectivity index (χ0n) is 9.67. The highest BCUT2D eigenvalue weighted by Gasteiger charge is 2.09. The SMILES string of the molecule is CCCc1cccc(C)c1OC(=O)CC. The molecule has 0 spiro atoms. The molecule has 0 aliphatic heterocycles. The highest BCUT2D eigenvalue weighted by molar-refractivity contribution is 5.72. The van der Waals surface area contributed by atoms with E-state index in [1.807, 2.05) is 25.1 Å². The Morgan fingerprint density at radius 2 is 2.07 bits per heavy atom. The largest absolute Gasteiger partial charge is 0.426 e. The third-order valence-electron chi connectivity index (χ3n) is 2.32. The third kappa shape index (κ3) is 3.08. The highest BCUT2D eigenvalue weighted by Crippen LogP contribution is 2.24. The molecule has 0 N–H and O–H groups in total. The van der Waals surface area contributed by atoms with Crippen molar-refractivity contribution >= 4 is 5.97 Å². The summed E-state index contributed by atoms with van der Waals surface area (Å²) in [5.74, 6) is 0.591. The van der Waals surface area contributed by atoms with Crippen LogP contribution in [0.3, 0.4) is 0 Å². The van der Waals surface area contributed by atoms with Crippen LogP contribution in [0.1, 0.15) is 37.8 Å². The van der Waals surface area contributed by atoms with Crippen molar-refractivity contribution in [3.8, 4) is 5.75 Å². The maximum atomic E-state index is 11.3. The molecular weight excluding hydrogens is 188 g/mol. The maximum Gasteiger partial charge on any atom is 0.310 e. The van der Waals surface area contributed by atoms with Gasteiger partial charge in [0.2, 0.25) is 0 Å². The van der Waals surface area contributed by atoms with Crippen molar-refractivity contribution in [3.05, 3.63) is 29.3 Å². The van der Waals surface area contributed by atoms with Gasteiger partial charge in [0.05, 0.1) is 0 Å². The van der Waals surface area contributed by atoms with Gasteiger partial charge in [-0.25, -0.2) is 0 Å². The molecule has 2 heteroatoms. The third-order valence-corrected chi connectivity index (χ3v) is 2.32. The lowest BCUT2D eigenvalue weighted by Crippen LogP contribution is -2.08. The number of carbonyl (C=O) groups is 1. The molecule has 1 aromatic carbocycles. The number of rotatable bonds is 4. The lowest BCUT2D eigenvalue weighted by molar-refractivity contribution is -0.134. The smallest absolute Gasteiger partial charge is 0.310 e. The fourth-order valence-corrected chi connectivity index (χ4v) is 1.51. The average Bonchev–Trinajstić information content (AvgIpc) is 2.23. The molecule has 1 rings (SSSR count). The van der Waals surface area contributed by atoms with E-state index in [0.717, 1.165) is 29.7 Å². The number of esters is 1. The molecule has 0 aromatic heterocycles. The molecule has 82 valence electrons. The van der Waals surface area contributed by atoms with Gasteiger partial charge in [0.15, 0.2) is 0 Å². The molecule has 0 aliphatic rings. The van der Waals surface area contributed by atoms with Crippen LogP contribution in [0, 0.1) is 6.92 Å². The van der Waals surface area contributed by atoms with Crippen molar-refractivity contribution in [2.75, 3.05) is 0 Å². The predicted octanol–water partition coefficient (Wildman–Crippen LogP) is 3.26. The van der Waals surface area contributed by atoms with Crippen molar-refractivity contribution in [3.63, 3.8) is 0 Å². The first-order valence-electron chi connectivity index (χ1n) is 5.48. The molecule has 0 atom stereocenters. The molecule has 1 aromatic rings. The van der Waals surface area contributed by atoms with E-state index in [1.165, 1.54) is 0 Å². The summed E-state index contributed by atoms with van der Waals surface area (Å²) in [6, 6.07) is 6.00. The molecular formula is C13H18O2. The number of hydrogen-bond donors (Lipinski definition) is 0. The van der Waals surface area contributed by atoms with Crippen molar-refractivity contribution in [1.82, 2.24) is 0 Å². The molecule has 0 fully saturated rings. The van der Waals surface area contributed by atoms with Gasteiger partial charge in [-0.2, -0.15) is 0 Å². The van der Waals surface area contributed by atoms with Crippen LogP contribution in [0.25, 0.3) is 0 Å². The Morgan fingerprint density at radius 1 is 1.33 bits per heavy atom. The number of carbonyl (C=O) groups excluding carboxylic acids is 1. The minimum absolute atomic E-state index is 0.165. The van der Waals surface area contributed by atoms with E-state index < -0.39 is 0 Å². The van der Waals surface area contributed by atoms with Crippen LogP contribution in [-0.2, 0) is 11.2 Å². The van der Waals surface area contributed by atoms with Crippen LogP contribution in [0.15, 0.2) is 18.2 Å². The van der Waals surface area contributed by atoms with Gasteiger partial charge in [0.25, 0.3) is 0 Å². The van der Waals surface area contributed by atoms with Gasteiger partial charge >= 0.3 is 5.97 Å². The van der Waals surface area contributed by atoms with Gasteiger partial charge in [-0.3, -0.25) is 4.79 Å². The van der Waals surface area contributed by atoms with Gasteiger partial charge in [0.1, 0.15) is 5.75 Å². The molecule has 0 aliphatic carbocycles. The van der Waals surface area contributed by atoms with Crippen molar-refractivity contribution in [1.29, 1.82) is 0 Å². The second kappa shape index (κ2) is 5.54. The van der Waals surface area contributed by atoms with Crippen molar-refractivity contribution in [2.45, 2.75) is 40.0 Å². The zero-order valence-corrected chi connectivity index (χ0v) is 9.67. The van der Waals surface area contributed by atoms with E-state index in [1.54, 1.807) is 6.92 Å². The summed E-state index contributed by atoms with van der Waals surface area (Å²) in [4.78, 5) is 11.3. The Bertz CT molecular complexity index is 342. The highest BCUT2D eigenvalue weighted by atomic mass is 16.5. The summed E-state index contributed by atoms with van der Waals surface area (Å²) in [5.41, 5.74) is 2.15.